The summed E-state index contributed by atoms with van der Waals surface area (Å²) >= 11 is 0. The molecule has 2 rings (SSSR count). The molecule has 130 valence electrons. The number of hydrogen-bond acceptors (Lipinski definition) is 3. The molecule has 0 heterocycles. The summed E-state index contributed by atoms with van der Waals surface area (Å²) in [6.45, 7) is 7.65. The average Bonchev–Trinajstić information content (AvgIpc) is 2.55. The van der Waals surface area contributed by atoms with Crippen molar-refractivity contribution >= 4 is 10.0 Å². The molecule has 0 bridgehead atoms. The second-order valence-corrected chi connectivity index (χ2v) is 7.64. The van der Waals surface area contributed by atoms with Gasteiger partial charge in [-0.3, -0.25) is 0 Å². The molecule has 1 N–H and O–H groups in total. The van der Waals surface area contributed by atoms with Crippen LogP contribution in [0.25, 0.3) is 0 Å². The van der Waals surface area contributed by atoms with Crippen molar-refractivity contribution in [3.05, 3.63) is 58.7 Å². The normalized spacial score (nSPS) is 12.9. The first kappa shape index (κ1) is 18.5. The minimum Gasteiger partial charge on any atom is -0.496 e. The number of benzene rings is 2. The molecule has 0 unspecified atom stereocenters. The van der Waals surface area contributed by atoms with Gasteiger partial charge in [0.25, 0.3) is 0 Å². The van der Waals surface area contributed by atoms with Crippen molar-refractivity contribution in [3.8, 4) is 5.75 Å². The van der Waals surface area contributed by atoms with Crippen LogP contribution in [0.4, 0.5) is 0 Å². The number of nitrogens with one attached hydrogen (secondary N) is 1. The highest BCUT2D eigenvalue weighted by Crippen LogP contribution is 2.29. The summed E-state index contributed by atoms with van der Waals surface area (Å²) in [5, 5.41) is 0. The molecule has 0 aliphatic carbocycles. The topological polar surface area (TPSA) is 55.4 Å². The molecule has 5 heteroatoms. The fourth-order valence-electron chi connectivity index (χ4n) is 2.88. The van der Waals surface area contributed by atoms with E-state index in [0.717, 1.165) is 16.7 Å². The Balaban J connectivity index is 2.41. The Hall–Kier alpha value is -1.85. The Kier molecular flexibility index (Phi) is 5.67. The molecule has 0 saturated heterocycles. The first-order valence-corrected chi connectivity index (χ1v) is 9.52. The molecule has 0 fully saturated rings. The molecular formula is C19H25NO3S. The van der Waals surface area contributed by atoms with E-state index in [9.17, 15) is 8.42 Å². The third-order valence-electron chi connectivity index (χ3n) is 4.47. The van der Waals surface area contributed by atoms with E-state index in [-0.39, 0.29) is 6.04 Å². The highest BCUT2D eigenvalue weighted by Gasteiger charge is 2.24. The molecule has 2 aromatic rings. The molecule has 1 atom stereocenters. The summed E-state index contributed by atoms with van der Waals surface area (Å²) in [5.74, 6) is 0.692. The lowest BCUT2D eigenvalue weighted by Gasteiger charge is -2.21. The zero-order valence-corrected chi connectivity index (χ0v) is 15.7. The zero-order chi connectivity index (χ0) is 17.9. The van der Waals surface area contributed by atoms with Crippen LogP contribution in [0.2, 0.25) is 0 Å². The number of rotatable bonds is 6. The Morgan fingerprint density at radius 1 is 1.04 bits per heavy atom. The molecule has 0 amide bonds. The Morgan fingerprint density at radius 3 is 2.29 bits per heavy atom. The predicted molar refractivity (Wildman–Crippen MR) is 97.0 cm³/mol. The summed E-state index contributed by atoms with van der Waals surface area (Å²) in [7, 11) is -2.04. The smallest absolute Gasteiger partial charge is 0.241 e. The molecule has 0 spiro atoms. The second kappa shape index (κ2) is 7.36. The van der Waals surface area contributed by atoms with Gasteiger partial charge in [-0.05, 0) is 61.6 Å². The Morgan fingerprint density at radius 2 is 1.71 bits per heavy atom. The van der Waals surface area contributed by atoms with Gasteiger partial charge in [0.2, 0.25) is 10.0 Å². The van der Waals surface area contributed by atoms with E-state index < -0.39 is 10.0 Å². The van der Waals surface area contributed by atoms with Gasteiger partial charge in [0.05, 0.1) is 12.0 Å². The molecule has 2 aromatic carbocycles. The molecule has 4 nitrogen and oxygen atoms in total. The number of hydrogen-bond donors (Lipinski definition) is 1. The van der Waals surface area contributed by atoms with Gasteiger partial charge < -0.3 is 4.74 Å². The number of ether oxygens (including phenoxy) is 1. The Bertz CT molecular complexity index is 829. The highest BCUT2D eigenvalue weighted by atomic mass is 32.2. The summed E-state index contributed by atoms with van der Waals surface area (Å²) in [4.78, 5) is 0.299. The second-order valence-electron chi connectivity index (χ2n) is 5.95. The largest absolute Gasteiger partial charge is 0.496 e. The van der Waals surface area contributed by atoms with Gasteiger partial charge in [-0.25, -0.2) is 13.1 Å². The maximum atomic E-state index is 12.9. The monoisotopic (exact) mass is 347 g/mol. The van der Waals surface area contributed by atoms with Gasteiger partial charge in [-0.2, -0.15) is 0 Å². The van der Waals surface area contributed by atoms with Crippen LogP contribution in [0.5, 0.6) is 5.75 Å². The number of aryl methyl sites for hydroxylation is 1. The van der Waals surface area contributed by atoms with E-state index in [1.807, 2.05) is 45.0 Å². The van der Waals surface area contributed by atoms with E-state index in [4.69, 9.17) is 4.74 Å². The van der Waals surface area contributed by atoms with Gasteiger partial charge in [0.15, 0.2) is 0 Å². The summed E-state index contributed by atoms with van der Waals surface area (Å²) in [6, 6.07) is 10.9. The first-order valence-electron chi connectivity index (χ1n) is 8.03. The van der Waals surface area contributed by atoms with Gasteiger partial charge in [-0.15, -0.1) is 0 Å². The van der Waals surface area contributed by atoms with E-state index in [2.05, 4.69) is 4.72 Å². The van der Waals surface area contributed by atoms with Crippen molar-refractivity contribution in [1.82, 2.24) is 4.72 Å². The van der Waals surface area contributed by atoms with Crippen molar-refractivity contribution in [1.29, 1.82) is 0 Å². The fourth-order valence-corrected chi connectivity index (χ4v) is 4.48. The van der Waals surface area contributed by atoms with Crippen LogP contribution >= 0.6 is 0 Å². The first-order chi connectivity index (χ1) is 11.3. The minimum absolute atomic E-state index is 0.252. The third-order valence-corrected chi connectivity index (χ3v) is 6.08. The van der Waals surface area contributed by atoms with Crippen molar-refractivity contribution in [2.75, 3.05) is 7.11 Å². The lowest BCUT2D eigenvalue weighted by atomic mass is 10.0. The van der Waals surface area contributed by atoms with Crippen molar-refractivity contribution in [3.63, 3.8) is 0 Å². The predicted octanol–water partition coefficient (Wildman–Crippen LogP) is 4.05. The molecular weight excluding hydrogens is 322 g/mol. The summed E-state index contributed by atoms with van der Waals surface area (Å²) in [6.07, 6.45) is 0.679. The molecule has 0 radical (unpaired) electrons. The summed E-state index contributed by atoms with van der Waals surface area (Å²) < 4.78 is 33.9. The summed E-state index contributed by atoms with van der Waals surface area (Å²) in [5.41, 5.74) is 3.63. The van der Waals surface area contributed by atoms with Crippen molar-refractivity contribution in [2.24, 2.45) is 0 Å². The van der Waals surface area contributed by atoms with E-state index in [1.165, 1.54) is 0 Å². The van der Waals surface area contributed by atoms with E-state index >= 15 is 0 Å². The maximum absolute atomic E-state index is 12.9. The quantitative estimate of drug-likeness (QED) is 0.858. The van der Waals surface area contributed by atoms with Crippen LogP contribution in [0.15, 0.2) is 41.3 Å². The molecule has 24 heavy (non-hydrogen) atoms. The van der Waals surface area contributed by atoms with Crippen LogP contribution in [-0.4, -0.2) is 15.5 Å². The molecule has 0 aliphatic rings. The third kappa shape index (κ3) is 3.62. The minimum atomic E-state index is -3.62. The molecule has 0 aromatic heterocycles. The fraction of sp³-hybridized carbons (Fsp3) is 0.368. The van der Waals surface area contributed by atoms with Gasteiger partial charge in [0, 0.05) is 6.04 Å². The SMILES string of the molecule is CC[C@@H](NS(=O)(=O)c1ccc(OC)c(C)c1C)c1ccccc1C. The van der Waals surface area contributed by atoms with E-state index in [0.29, 0.717) is 22.6 Å². The van der Waals surface area contributed by atoms with Crippen LogP contribution < -0.4 is 9.46 Å². The van der Waals surface area contributed by atoms with Crippen LogP contribution in [0, 0.1) is 20.8 Å². The van der Waals surface area contributed by atoms with Gasteiger partial charge in [0.1, 0.15) is 5.75 Å². The highest BCUT2D eigenvalue weighted by molar-refractivity contribution is 7.89. The van der Waals surface area contributed by atoms with Gasteiger partial charge in [-0.1, -0.05) is 31.2 Å². The van der Waals surface area contributed by atoms with Gasteiger partial charge >= 0.3 is 0 Å². The van der Waals surface area contributed by atoms with Crippen molar-refractivity contribution < 1.29 is 13.2 Å². The van der Waals surface area contributed by atoms with Crippen LogP contribution in [-0.2, 0) is 10.0 Å². The lowest BCUT2D eigenvalue weighted by Crippen LogP contribution is -2.29. The molecule has 0 saturated carbocycles. The van der Waals surface area contributed by atoms with E-state index in [1.54, 1.807) is 26.2 Å². The lowest BCUT2D eigenvalue weighted by molar-refractivity contribution is 0.410. The number of sulfonamides is 1. The number of methoxy groups -OCH3 is 1. The van der Waals surface area contributed by atoms with Crippen LogP contribution in [0.3, 0.4) is 0 Å². The Labute approximate surface area is 144 Å². The molecule has 0 aliphatic heterocycles. The maximum Gasteiger partial charge on any atom is 0.241 e. The standard InChI is InChI=1S/C19H25NO3S/c1-6-17(16-10-8-7-9-13(16)2)20-24(21,22)19-12-11-18(23-5)14(3)15(19)4/h7-12,17,20H,6H2,1-5H3/t17-/m1/s1. The zero-order valence-electron chi connectivity index (χ0n) is 14.9. The van der Waals surface area contributed by atoms with Crippen molar-refractivity contribution in [2.45, 2.75) is 45.1 Å². The van der Waals surface area contributed by atoms with Crippen LogP contribution in [0.1, 0.15) is 41.6 Å². The average molecular weight is 347 g/mol.